The molecule has 0 saturated carbocycles. The van der Waals surface area contributed by atoms with Gasteiger partial charge in [-0.2, -0.15) is 0 Å². The van der Waals surface area contributed by atoms with Crippen molar-refractivity contribution >= 4 is 49.0 Å². The molecule has 0 aliphatic heterocycles. The summed E-state index contributed by atoms with van der Waals surface area (Å²) in [6.07, 6.45) is 2.08. The molecule has 0 radical (unpaired) electrons. The summed E-state index contributed by atoms with van der Waals surface area (Å²) < 4.78 is 39.0. The van der Waals surface area contributed by atoms with E-state index in [4.69, 9.17) is 30.4 Å². The Morgan fingerprint density at radius 1 is 0.804 bits per heavy atom. The van der Waals surface area contributed by atoms with Crippen LogP contribution >= 0.6 is 11.3 Å². The molecule has 0 spiro atoms. The number of ether oxygens (including phenoxy) is 4. The fourth-order valence-electron chi connectivity index (χ4n) is 5.28. The highest BCUT2D eigenvalue weighted by Crippen LogP contribution is 2.27. The first-order chi connectivity index (χ1) is 24.9. The van der Waals surface area contributed by atoms with Gasteiger partial charge in [-0.1, -0.05) is 35.6 Å². The van der Waals surface area contributed by atoms with E-state index in [-0.39, 0.29) is 5.82 Å². The summed E-state index contributed by atoms with van der Waals surface area (Å²) in [7, 11) is 4.01. The van der Waals surface area contributed by atoms with Crippen LogP contribution in [0.4, 0.5) is 20.9 Å². The second kappa shape index (κ2) is 19.6. The Bertz CT molecular complexity index is 1910. The molecule has 0 aliphatic carbocycles. The molecular formula is C39H47FN6O4S. The number of benzene rings is 4. The smallest absolute Gasteiger partial charge is 0.181 e. The number of thiazole rings is 1. The monoisotopic (exact) mass is 714 g/mol. The third-order valence-electron chi connectivity index (χ3n) is 7.94. The predicted octanol–water partition coefficient (Wildman–Crippen LogP) is 6.57. The van der Waals surface area contributed by atoms with Crippen molar-refractivity contribution in [1.82, 2.24) is 14.9 Å². The average Bonchev–Trinajstić information content (AvgIpc) is 3.72. The number of anilines is 3. The van der Waals surface area contributed by atoms with Crippen LogP contribution in [0.25, 0.3) is 21.1 Å². The number of hydrogen-bond acceptors (Lipinski definition) is 10. The summed E-state index contributed by atoms with van der Waals surface area (Å²) in [6.45, 7) is 5.86. The average molecular weight is 715 g/mol. The Balaban J connectivity index is 0.000000435. The first-order valence-corrected chi connectivity index (χ1v) is 17.7. The second-order valence-electron chi connectivity index (χ2n) is 11.9. The van der Waals surface area contributed by atoms with E-state index in [9.17, 15) is 4.39 Å². The number of nitrogens with two attached hydrogens (primary N) is 2. The minimum Gasteiger partial charge on any atom is -0.491 e. The van der Waals surface area contributed by atoms with Gasteiger partial charge in [0.05, 0.1) is 49.9 Å². The Morgan fingerprint density at radius 3 is 2.24 bits per heavy atom. The second-order valence-corrected chi connectivity index (χ2v) is 13.0. The largest absolute Gasteiger partial charge is 0.491 e. The number of halogens is 1. The van der Waals surface area contributed by atoms with E-state index in [1.165, 1.54) is 45.6 Å². The van der Waals surface area contributed by atoms with Crippen LogP contribution in [0.1, 0.15) is 11.1 Å². The normalized spacial score (nSPS) is 11.1. The standard InChI is InChI=1S/C31H35FN4O4S.C8H12N2/c32-25-6-4-23(5-7-25)22-36-12-10-27-24(2-1-3-29(27)36)21-34-11-13-37-14-15-38-16-17-39-18-19-40-26-8-9-28-30(20-26)41-31(33)35-28;1-10(2)8-5-3-7(9)4-6-8/h1-10,12,20,34H,11,13-19,21-22H2,(H2,33,35);3-6H,9H2,1-2H3. The number of hydrogen-bond donors (Lipinski definition) is 3. The maximum atomic E-state index is 13.2. The van der Waals surface area contributed by atoms with Crippen molar-refractivity contribution in [3.63, 3.8) is 0 Å². The van der Waals surface area contributed by atoms with Gasteiger partial charge in [-0.15, -0.1) is 0 Å². The molecule has 10 nitrogen and oxygen atoms in total. The molecule has 0 saturated heterocycles. The molecule has 6 rings (SSSR count). The van der Waals surface area contributed by atoms with Crippen molar-refractivity contribution in [2.45, 2.75) is 13.1 Å². The highest BCUT2D eigenvalue weighted by Gasteiger charge is 2.07. The molecule has 0 unspecified atom stereocenters. The lowest BCUT2D eigenvalue weighted by atomic mass is 10.1. The van der Waals surface area contributed by atoms with Gasteiger partial charge in [0.25, 0.3) is 0 Å². The first-order valence-electron chi connectivity index (χ1n) is 16.9. The molecule has 0 amide bonds. The van der Waals surface area contributed by atoms with E-state index in [1.807, 2.05) is 73.6 Å². The maximum absolute atomic E-state index is 13.2. The zero-order valence-corrected chi connectivity index (χ0v) is 30.0. The Kier molecular flexibility index (Phi) is 14.4. The molecule has 12 heteroatoms. The predicted molar refractivity (Wildman–Crippen MR) is 206 cm³/mol. The fourth-order valence-corrected chi connectivity index (χ4v) is 6.04. The van der Waals surface area contributed by atoms with Crippen molar-refractivity contribution in [2.75, 3.05) is 83.3 Å². The van der Waals surface area contributed by atoms with Crippen LogP contribution in [0.2, 0.25) is 0 Å². The molecule has 2 aromatic heterocycles. The van der Waals surface area contributed by atoms with Gasteiger partial charge in [-0.05, 0) is 77.9 Å². The minimum atomic E-state index is -0.215. The highest BCUT2D eigenvalue weighted by molar-refractivity contribution is 7.22. The van der Waals surface area contributed by atoms with Crippen LogP contribution in [0.5, 0.6) is 5.75 Å². The third-order valence-corrected chi connectivity index (χ3v) is 8.78. The minimum absolute atomic E-state index is 0.215. The Hall–Kier alpha value is -4.72. The summed E-state index contributed by atoms with van der Waals surface area (Å²) in [5.74, 6) is 0.565. The molecule has 5 N–H and O–H groups in total. The van der Waals surface area contributed by atoms with E-state index in [0.29, 0.717) is 57.9 Å². The number of aromatic nitrogens is 2. The van der Waals surface area contributed by atoms with Crippen molar-refractivity contribution < 1.29 is 23.3 Å². The van der Waals surface area contributed by atoms with Crippen LogP contribution in [0.3, 0.4) is 0 Å². The van der Waals surface area contributed by atoms with Gasteiger partial charge in [0.1, 0.15) is 18.2 Å². The van der Waals surface area contributed by atoms with Crippen LogP contribution in [0, 0.1) is 5.82 Å². The summed E-state index contributed by atoms with van der Waals surface area (Å²) in [6, 6.07) is 28.6. The maximum Gasteiger partial charge on any atom is 0.181 e. The van der Waals surface area contributed by atoms with Gasteiger partial charge < -0.3 is 45.2 Å². The Morgan fingerprint density at radius 2 is 1.51 bits per heavy atom. The lowest BCUT2D eigenvalue weighted by Gasteiger charge is -2.11. The van der Waals surface area contributed by atoms with Crippen molar-refractivity contribution in [1.29, 1.82) is 0 Å². The van der Waals surface area contributed by atoms with E-state index < -0.39 is 0 Å². The van der Waals surface area contributed by atoms with Gasteiger partial charge in [0, 0.05) is 62.2 Å². The summed E-state index contributed by atoms with van der Waals surface area (Å²) in [5, 5.41) is 5.23. The molecule has 2 heterocycles. The molecule has 0 bridgehead atoms. The molecule has 0 fully saturated rings. The van der Waals surface area contributed by atoms with Crippen LogP contribution < -0.4 is 26.4 Å². The van der Waals surface area contributed by atoms with Crippen LogP contribution in [-0.4, -0.2) is 76.4 Å². The van der Waals surface area contributed by atoms with Crippen LogP contribution in [-0.2, 0) is 27.3 Å². The third kappa shape index (κ3) is 11.9. The van der Waals surface area contributed by atoms with Gasteiger partial charge in [-0.25, -0.2) is 9.37 Å². The molecule has 270 valence electrons. The van der Waals surface area contributed by atoms with Gasteiger partial charge in [-0.3, -0.25) is 0 Å². The van der Waals surface area contributed by atoms with E-state index in [2.05, 4.69) is 45.3 Å². The fraction of sp³-hybridized carbons (Fsp3) is 0.308. The summed E-state index contributed by atoms with van der Waals surface area (Å²) in [4.78, 5) is 6.28. The summed E-state index contributed by atoms with van der Waals surface area (Å²) >= 11 is 1.45. The quantitative estimate of drug-likeness (QED) is 0.0670. The molecule has 51 heavy (non-hydrogen) atoms. The molecule has 0 atom stereocenters. The molecular weight excluding hydrogens is 668 g/mol. The first kappa shape index (κ1) is 37.5. The van der Waals surface area contributed by atoms with Gasteiger partial charge >= 0.3 is 0 Å². The zero-order chi connectivity index (χ0) is 35.8. The van der Waals surface area contributed by atoms with Gasteiger partial charge in [0.15, 0.2) is 5.13 Å². The summed E-state index contributed by atoms with van der Waals surface area (Å²) in [5.41, 5.74) is 17.6. The van der Waals surface area contributed by atoms with E-state index in [0.717, 1.165) is 40.3 Å². The number of rotatable bonds is 18. The number of fused-ring (bicyclic) bond motifs is 2. The number of nitrogens with zero attached hydrogens (tertiary/aromatic N) is 3. The van der Waals surface area contributed by atoms with Crippen molar-refractivity contribution in [3.8, 4) is 5.75 Å². The van der Waals surface area contributed by atoms with Gasteiger partial charge in [0.2, 0.25) is 0 Å². The molecule has 0 aliphatic rings. The Labute approximate surface area is 302 Å². The van der Waals surface area contributed by atoms with Crippen molar-refractivity contribution in [3.05, 3.63) is 114 Å². The zero-order valence-electron chi connectivity index (χ0n) is 29.2. The lowest BCUT2D eigenvalue weighted by Crippen LogP contribution is -2.20. The van der Waals surface area contributed by atoms with E-state index >= 15 is 0 Å². The molecule has 4 aromatic carbocycles. The number of nitrogen functional groups attached to an aromatic ring is 2. The highest BCUT2D eigenvalue weighted by atomic mass is 32.1. The van der Waals surface area contributed by atoms with E-state index in [1.54, 1.807) is 0 Å². The van der Waals surface area contributed by atoms with Crippen molar-refractivity contribution in [2.24, 2.45) is 0 Å². The molecule has 6 aromatic rings. The SMILES string of the molecule is CN(C)c1ccc(N)cc1.Nc1nc2ccc(OCCOCCOCCOCCNCc3cccc4c3ccn4Cc3ccc(F)cc3)cc2s1. The lowest BCUT2D eigenvalue weighted by molar-refractivity contribution is 0.00983. The topological polar surface area (TPSA) is 122 Å². The van der Waals surface area contributed by atoms with Crippen LogP contribution in [0.15, 0.2) is 97.2 Å². The number of nitrogens with one attached hydrogen (secondary N) is 1.